The van der Waals surface area contributed by atoms with Crippen LogP contribution in [0, 0.1) is 6.92 Å². The minimum atomic E-state index is -1.58. The molecule has 0 bridgehead atoms. The van der Waals surface area contributed by atoms with Crippen LogP contribution in [0.2, 0.25) is 0 Å². The number of benzene rings is 3. The maximum atomic E-state index is 13.3. The summed E-state index contributed by atoms with van der Waals surface area (Å²) in [6.07, 6.45) is -0.717. The molecule has 0 radical (unpaired) electrons. The summed E-state index contributed by atoms with van der Waals surface area (Å²) in [5.41, 5.74) is 1.56. The zero-order valence-corrected chi connectivity index (χ0v) is 16.1. The summed E-state index contributed by atoms with van der Waals surface area (Å²) >= 11 is 0. The van der Waals surface area contributed by atoms with Gasteiger partial charge in [-0.15, -0.1) is 0 Å². The molecule has 0 aliphatic carbocycles. The van der Waals surface area contributed by atoms with Gasteiger partial charge in [-0.25, -0.2) is 0 Å². The molecule has 0 amide bonds. The summed E-state index contributed by atoms with van der Waals surface area (Å²) in [6.45, 7) is 2.00. The number of aryl methyl sites for hydroxylation is 1. The molecule has 0 aromatic heterocycles. The first-order chi connectivity index (χ1) is 14.1. The third kappa shape index (κ3) is 4.47. The Morgan fingerprint density at radius 1 is 0.931 bits per heavy atom. The molecule has 0 N–H and O–H groups in total. The Kier molecular flexibility index (Phi) is 5.60. The molecule has 5 nitrogen and oxygen atoms in total. The number of hydrogen-bond donors (Lipinski definition) is 0. The first-order valence-corrected chi connectivity index (χ1v) is 9.47. The molecule has 1 aliphatic rings. The molecule has 1 aliphatic heterocycles. The highest BCUT2D eigenvalue weighted by Gasteiger charge is 2.50. The maximum absolute atomic E-state index is 13.3. The van der Waals surface area contributed by atoms with Gasteiger partial charge in [0.2, 0.25) is 12.1 Å². The minimum Gasteiger partial charge on any atom is -0.487 e. The van der Waals surface area contributed by atoms with Crippen LogP contribution >= 0.6 is 0 Å². The van der Waals surface area contributed by atoms with Crippen LogP contribution in [-0.2, 0) is 9.47 Å². The largest absolute Gasteiger partial charge is 0.487 e. The van der Waals surface area contributed by atoms with Crippen LogP contribution < -0.4 is 9.47 Å². The van der Waals surface area contributed by atoms with E-state index in [1.807, 2.05) is 79.7 Å². The van der Waals surface area contributed by atoms with Crippen molar-refractivity contribution in [3.63, 3.8) is 0 Å². The number of rotatable bonds is 7. The molecule has 148 valence electrons. The van der Waals surface area contributed by atoms with Crippen LogP contribution in [-0.4, -0.2) is 31.1 Å². The molecule has 0 saturated carbocycles. The monoisotopic (exact) mass is 390 g/mol. The highest BCUT2D eigenvalue weighted by molar-refractivity contribution is 6.01. The Balaban J connectivity index is 1.55. The van der Waals surface area contributed by atoms with Crippen molar-refractivity contribution < 1.29 is 23.7 Å². The van der Waals surface area contributed by atoms with E-state index in [1.165, 1.54) is 0 Å². The highest BCUT2D eigenvalue weighted by atomic mass is 16.8. The van der Waals surface area contributed by atoms with Crippen LogP contribution in [0.1, 0.15) is 15.9 Å². The lowest BCUT2D eigenvalue weighted by Crippen LogP contribution is -2.46. The Labute approximate surface area is 169 Å². The fraction of sp³-hybridized carbons (Fsp3) is 0.208. The van der Waals surface area contributed by atoms with Gasteiger partial charge >= 0.3 is 0 Å². The average molecular weight is 390 g/mol. The molecule has 1 heterocycles. The van der Waals surface area contributed by atoms with Crippen molar-refractivity contribution in [2.75, 3.05) is 13.2 Å². The van der Waals surface area contributed by atoms with Crippen molar-refractivity contribution in [3.05, 3.63) is 96.1 Å². The molecule has 1 fully saturated rings. The molecule has 3 aromatic rings. The Morgan fingerprint density at radius 2 is 1.55 bits per heavy atom. The summed E-state index contributed by atoms with van der Waals surface area (Å²) in [5, 5.41) is 0. The molecule has 2 atom stereocenters. The first-order valence-electron chi connectivity index (χ1n) is 9.47. The smallest absolute Gasteiger partial charge is 0.272 e. The quantitative estimate of drug-likeness (QED) is 0.560. The summed E-state index contributed by atoms with van der Waals surface area (Å²) in [6, 6.07) is 25.8. The second-order valence-electron chi connectivity index (χ2n) is 6.84. The number of carbonyl (C=O) groups is 1. The van der Waals surface area contributed by atoms with Gasteiger partial charge in [0.05, 0.1) is 0 Å². The Bertz CT molecular complexity index is 940. The standard InChI is InChI=1S/C24H22O5/c1-18-12-14-19(15-13-18)23(25)24(17-26-20-8-4-2-5-9-20)27-16-22(29-24)28-21-10-6-3-7-11-21/h2-15,22H,16-17H2,1H3. The van der Waals surface area contributed by atoms with E-state index in [2.05, 4.69) is 0 Å². The zero-order chi connectivity index (χ0) is 20.1. The van der Waals surface area contributed by atoms with Crippen LogP contribution in [0.3, 0.4) is 0 Å². The van der Waals surface area contributed by atoms with E-state index in [1.54, 1.807) is 12.1 Å². The molecule has 4 rings (SSSR count). The molecular formula is C24H22O5. The van der Waals surface area contributed by atoms with E-state index in [0.29, 0.717) is 17.1 Å². The van der Waals surface area contributed by atoms with Gasteiger partial charge in [-0.05, 0) is 31.2 Å². The second-order valence-corrected chi connectivity index (χ2v) is 6.84. The lowest BCUT2D eigenvalue weighted by molar-refractivity contribution is -0.174. The second kappa shape index (κ2) is 8.47. The van der Waals surface area contributed by atoms with Gasteiger partial charge in [-0.2, -0.15) is 0 Å². The van der Waals surface area contributed by atoms with E-state index in [-0.39, 0.29) is 19.0 Å². The molecule has 1 saturated heterocycles. The molecule has 0 spiro atoms. The summed E-state index contributed by atoms with van der Waals surface area (Å²) in [4.78, 5) is 13.3. The highest BCUT2D eigenvalue weighted by Crippen LogP contribution is 2.30. The van der Waals surface area contributed by atoms with E-state index >= 15 is 0 Å². The number of ether oxygens (including phenoxy) is 4. The summed E-state index contributed by atoms with van der Waals surface area (Å²) in [7, 11) is 0. The van der Waals surface area contributed by atoms with Crippen molar-refractivity contribution in [2.45, 2.75) is 19.0 Å². The van der Waals surface area contributed by atoms with Crippen LogP contribution in [0.15, 0.2) is 84.9 Å². The third-order valence-corrected chi connectivity index (χ3v) is 4.62. The van der Waals surface area contributed by atoms with Crippen molar-refractivity contribution >= 4 is 5.78 Å². The number of para-hydroxylation sites is 2. The zero-order valence-electron chi connectivity index (χ0n) is 16.1. The van der Waals surface area contributed by atoms with Crippen molar-refractivity contribution in [3.8, 4) is 11.5 Å². The fourth-order valence-electron chi connectivity index (χ4n) is 3.07. The van der Waals surface area contributed by atoms with Gasteiger partial charge in [0.25, 0.3) is 5.79 Å². The van der Waals surface area contributed by atoms with E-state index in [4.69, 9.17) is 18.9 Å². The Morgan fingerprint density at radius 3 is 2.21 bits per heavy atom. The molecule has 3 aromatic carbocycles. The SMILES string of the molecule is Cc1ccc(C(=O)C2(COc3ccccc3)OCC(Oc3ccccc3)O2)cc1. The van der Waals surface area contributed by atoms with Crippen LogP contribution in [0.4, 0.5) is 0 Å². The predicted octanol–water partition coefficient (Wildman–Crippen LogP) is 4.40. The molecule has 5 heteroatoms. The summed E-state index contributed by atoms with van der Waals surface area (Å²) < 4.78 is 23.5. The lowest BCUT2D eigenvalue weighted by Gasteiger charge is -2.26. The molecule has 2 unspecified atom stereocenters. The maximum Gasteiger partial charge on any atom is 0.272 e. The molecular weight excluding hydrogens is 368 g/mol. The van der Waals surface area contributed by atoms with Crippen LogP contribution in [0.5, 0.6) is 11.5 Å². The number of hydrogen-bond acceptors (Lipinski definition) is 5. The number of Topliss-reactive ketones (excluding diaryl/α,β-unsaturated/α-hetero) is 1. The summed E-state index contributed by atoms with van der Waals surface area (Å²) in [5.74, 6) is -0.607. The van der Waals surface area contributed by atoms with Crippen molar-refractivity contribution in [1.82, 2.24) is 0 Å². The van der Waals surface area contributed by atoms with Crippen LogP contribution in [0.25, 0.3) is 0 Å². The lowest BCUT2D eigenvalue weighted by atomic mass is 10.0. The van der Waals surface area contributed by atoms with E-state index < -0.39 is 12.1 Å². The van der Waals surface area contributed by atoms with E-state index in [9.17, 15) is 4.79 Å². The van der Waals surface area contributed by atoms with E-state index in [0.717, 1.165) is 5.56 Å². The van der Waals surface area contributed by atoms with Crippen molar-refractivity contribution in [1.29, 1.82) is 0 Å². The topological polar surface area (TPSA) is 54.0 Å². The van der Waals surface area contributed by atoms with Gasteiger partial charge < -0.3 is 14.2 Å². The third-order valence-electron chi connectivity index (χ3n) is 4.62. The van der Waals surface area contributed by atoms with Gasteiger partial charge in [0, 0.05) is 5.56 Å². The normalized spacial score (nSPS) is 20.9. The van der Waals surface area contributed by atoms with Gasteiger partial charge in [-0.3, -0.25) is 9.53 Å². The fourth-order valence-corrected chi connectivity index (χ4v) is 3.07. The van der Waals surface area contributed by atoms with Crippen molar-refractivity contribution in [2.24, 2.45) is 0 Å². The number of carbonyl (C=O) groups excluding carboxylic acids is 1. The van der Waals surface area contributed by atoms with Gasteiger partial charge in [0.1, 0.15) is 18.1 Å². The Hall–Kier alpha value is -3.15. The number of ketones is 1. The molecule has 29 heavy (non-hydrogen) atoms. The van der Waals surface area contributed by atoms with Gasteiger partial charge in [0.15, 0.2) is 6.61 Å². The predicted molar refractivity (Wildman–Crippen MR) is 108 cm³/mol. The van der Waals surface area contributed by atoms with Gasteiger partial charge in [-0.1, -0.05) is 66.2 Å². The first kappa shape index (κ1) is 19.2. The minimum absolute atomic E-state index is 0.0849. The average Bonchev–Trinajstić information content (AvgIpc) is 3.18.